The number of rotatable bonds is 3. The smallest absolute Gasteiger partial charge is 0.186 e. The second-order valence-electron chi connectivity index (χ2n) is 3.48. The Morgan fingerprint density at radius 3 is 2.65 bits per heavy atom. The van der Waals surface area contributed by atoms with Gasteiger partial charge in [-0.25, -0.2) is 4.98 Å². The monoisotopic (exact) mass is 291 g/mol. The molecule has 86 valence electrons. The van der Waals surface area contributed by atoms with Crippen molar-refractivity contribution in [2.45, 2.75) is 6.42 Å². The molecule has 0 aromatic carbocycles. The molecule has 0 spiro atoms. The molecule has 0 saturated heterocycles. The molecule has 0 aliphatic rings. The van der Waals surface area contributed by atoms with Gasteiger partial charge in [0.25, 0.3) is 0 Å². The number of hydrogen-bond acceptors (Lipinski definition) is 4. The van der Waals surface area contributed by atoms with Crippen molar-refractivity contribution in [3.8, 4) is 0 Å². The molecule has 0 amide bonds. The van der Waals surface area contributed by atoms with Crippen LogP contribution in [0.15, 0.2) is 41.1 Å². The predicted octanol–water partition coefficient (Wildman–Crippen LogP) is 2.25. The molecule has 2 heterocycles. The Labute approximate surface area is 107 Å². The summed E-state index contributed by atoms with van der Waals surface area (Å²) in [7, 11) is 0. The first-order valence-electron chi connectivity index (χ1n) is 5.01. The highest BCUT2D eigenvalue weighted by Crippen LogP contribution is 2.17. The van der Waals surface area contributed by atoms with Gasteiger partial charge < -0.3 is 5.73 Å². The fourth-order valence-electron chi connectivity index (χ4n) is 1.45. The molecule has 2 N–H and O–H groups in total. The zero-order valence-electron chi connectivity index (χ0n) is 8.93. The van der Waals surface area contributed by atoms with E-state index in [1.165, 1.54) is 0 Å². The minimum Gasteiger partial charge on any atom is -0.383 e. The number of nitrogens with zero attached hydrogens (tertiary/aromatic N) is 2. The molecule has 0 atom stereocenters. The first-order valence-corrected chi connectivity index (χ1v) is 5.81. The van der Waals surface area contributed by atoms with Crippen molar-refractivity contribution in [2.24, 2.45) is 0 Å². The normalized spacial score (nSPS) is 10.2. The molecule has 0 saturated carbocycles. The number of nitrogen functional groups attached to an aromatic ring is 1. The Hall–Kier alpha value is -1.75. The molecular weight excluding hydrogens is 282 g/mol. The summed E-state index contributed by atoms with van der Waals surface area (Å²) in [5, 5.41) is 0. The second-order valence-corrected chi connectivity index (χ2v) is 4.34. The van der Waals surface area contributed by atoms with E-state index in [9.17, 15) is 4.79 Å². The first kappa shape index (κ1) is 11.7. The van der Waals surface area contributed by atoms with Gasteiger partial charge in [-0.05, 0) is 34.1 Å². The summed E-state index contributed by atoms with van der Waals surface area (Å²) in [6.45, 7) is 0. The summed E-state index contributed by atoms with van der Waals surface area (Å²) in [4.78, 5) is 20.0. The number of ketones is 1. The van der Waals surface area contributed by atoms with E-state index in [0.717, 1.165) is 5.56 Å². The standard InChI is InChI=1S/C12H10BrN3O/c13-9-4-2-5-15-11(9)10(17)7-8-3-1-6-16-12(8)14/h1-6H,7H2,(H2,14,16). The molecule has 2 rings (SSSR count). The van der Waals surface area contributed by atoms with E-state index in [4.69, 9.17) is 5.73 Å². The predicted molar refractivity (Wildman–Crippen MR) is 68.6 cm³/mol. The van der Waals surface area contributed by atoms with Gasteiger partial charge in [-0.15, -0.1) is 0 Å². The third-order valence-corrected chi connectivity index (χ3v) is 2.94. The lowest BCUT2D eigenvalue weighted by Crippen LogP contribution is -2.09. The summed E-state index contributed by atoms with van der Waals surface area (Å²) in [6, 6.07) is 7.09. The lowest BCUT2D eigenvalue weighted by Gasteiger charge is -2.04. The molecule has 0 aliphatic heterocycles. The topological polar surface area (TPSA) is 68.9 Å². The Morgan fingerprint density at radius 2 is 1.94 bits per heavy atom. The SMILES string of the molecule is Nc1ncccc1CC(=O)c1ncccc1Br. The van der Waals surface area contributed by atoms with Crippen LogP contribution in [-0.2, 0) is 6.42 Å². The van der Waals surface area contributed by atoms with Crippen LogP contribution in [0.4, 0.5) is 5.82 Å². The molecule has 0 aliphatic carbocycles. The van der Waals surface area contributed by atoms with Crippen LogP contribution in [0.2, 0.25) is 0 Å². The molecule has 17 heavy (non-hydrogen) atoms. The summed E-state index contributed by atoms with van der Waals surface area (Å²) in [6.07, 6.45) is 3.39. The van der Waals surface area contributed by atoms with Crippen molar-refractivity contribution in [3.63, 3.8) is 0 Å². The second kappa shape index (κ2) is 5.05. The Balaban J connectivity index is 2.24. The van der Waals surface area contributed by atoms with Gasteiger partial charge in [-0.3, -0.25) is 9.78 Å². The van der Waals surface area contributed by atoms with Gasteiger partial charge in [0.05, 0.1) is 0 Å². The maximum atomic E-state index is 12.0. The number of halogens is 1. The fourth-order valence-corrected chi connectivity index (χ4v) is 1.92. The average Bonchev–Trinajstić information content (AvgIpc) is 2.32. The highest BCUT2D eigenvalue weighted by atomic mass is 79.9. The number of anilines is 1. The maximum absolute atomic E-state index is 12.0. The van der Waals surface area contributed by atoms with Crippen LogP contribution >= 0.6 is 15.9 Å². The molecule has 0 unspecified atom stereocenters. The molecule has 0 radical (unpaired) electrons. The molecule has 2 aromatic heterocycles. The van der Waals surface area contributed by atoms with Gasteiger partial charge in [0.15, 0.2) is 5.78 Å². The van der Waals surface area contributed by atoms with Crippen molar-refractivity contribution in [1.82, 2.24) is 9.97 Å². The van der Waals surface area contributed by atoms with Crippen molar-refractivity contribution in [2.75, 3.05) is 5.73 Å². The van der Waals surface area contributed by atoms with E-state index in [1.54, 1.807) is 36.7 Å². The van der Waals surface area contributed by atoms with Gasteiger partial charge in [0.1, 0.15) is 11.5 Å². The first-order chi connectivity index (χ1) is 8.18. The van der Waals surface area contributed by atoms with Crippen molar-refractivity contribution < 1.29 is 4.79 Å². The van der Waals surface area contributed by atoms with Gasteiger partial charge in [0, 0.05) is 28.9 Å². The number of hydrogen-bond donors (Lipinski definition) is 1. The number of pyridine rings is 2. The number of aromatic nitrogens is 2. The Bertz CT molecular complexity index is 557. The van der Waals surface area contributed by atoms with Crippen LogP contribution < -0.4 is 5.73 Å². The van der Waals surface area contributed by atoms with Crippen LogP contribution in [0.1, 0.15) is 16.1 Å². The Kier molecular flexibility index (Phi) is 3.49. The third kappa shape index (κ3) is 2.68. The number of carbonyl (C=O) groups is 1. The van der Waals surface area contributed by atoms with Crippen molar-refractivity contribution >= 4 is 27.5 Å². The fraction of sp³-hybridized carbons (Fsp3) is 0.0833. The van der Waals surface area contributed by atoms with Crippen LogP contribution in [-0.4, -0.2) is 15.8 Å². The van der Waals surface area contributed by atoms with Crippen molar-refractivity contribution in [3.05, 3.63) is 52.4 Å². The van der Waals surface area contributed by atoms with E-state index in [0.29, 0.717) is 16.0 Å². The van der Waals surface area contributed by atoms with Gasteiger partial charge in [0.2, 0.25) is 0 Å². The molecular formula is C12H10BrN3O. The van der Waals surface area contributed by atoms with E-state index < -0.39 is 0 Å². The lowest BCUT2D eigenvalue weighted by atomic mass is 10.1. The highest BCUT2D eigenvalue weighted by molar-refractivity contribution is 9.10. The van der Waals surface area contributed by atoms with Gasteiger partial charge >= 0.3 is 0 Å². The number of nitrogens with two attached hydrogens (primary N) is 1. The maximum Gasteiger partial charge on any atom is 0.186 e. The molecule has 2 aromatic rings. The lowest BCUT2D eigenvalue weighted by molar-refractivity contribution is 0.0987. The molecule has 4 nitrogen and oxygen atoms in total. The van der Waals surface area contributed by atoms with E-state index >= 15 is 0 Å². The minimum absolute atomic E-state index is 0.0859. The van der Waals surface area contributed by atoms with Gasteiger partial charge in [-0.2, -0.15) is 0 Å². The summed E-state index contributed by atoms with van der Waals surface area (Å²) in [5.41, 5.74) is 6.82. The van der Waals surface area contributed by atoms with E-state index in [-0.39, 0.29) is 12.2 Å². The quantitative estimate of drug-likeness (QED) is 0.881. The van der Waals surface area contributed by atoms with E-state index in [2.05, 4.69) is 25.9 Å². The zero-order chi connectivity index (χ0) is 12.3. The zero-order valence-corrected chi connectivity index (χ0v) is 10.5. The largest absolute Gasteiger partial charge is 0.383 e. The summed E-state index contributed by atoms with van der Waals surface area (Å²) in [5.74, 6) is 0.296. The third-order valence-electron chi connectivity index (χ3n) is 2.30. The van der Waals surface area contributed by atoms with Crippen LogP contribution in [0.25, 0.3) is 0 Å². The number of Topliss-reactive ketones (excluding diaryl/α,β-unsaturated/α-hetero) is 1. The van der Waals surface area contributed by atoms with Crippen LogP contribution in [0, 0.1) is 0 Å². The molecule has 0 fully saturated rings. The average molecular weight is 292 g/mol. The highest BCUT2D eigenvalue weighted by Gasteiger charge is 2.13. The van der Waals surface area contributed by atoms with Crippen LogP contribution in [0.5, 0.6) is 0 Å². The van der Waals surface area contributed by atoms with Gasteiger partial charge in [-0.1, -0.05) is 6.07 Å². The summed E-state index contributed by atoms with van der Waals surface area (Å²) >= 11 is 3.30. The molecule has 0 bridgehead atoms. The van der Waals surface area contributed by atoms with Crippen LogP contribution in [0.3, 0.4) is 0 Å². The van der Waals surface area contributed by atoms with E-state index in [1.807, 2.05) is 0 Å². The minimum atomic E-state index is -0.0859. The molecule has 5 heteroatoms. The number of carbonyl (C=O) groups excluding carboxylic acids is 1. The summed E-state index contributed by atoms with van der Waals surface area (Å²) < 4.78 is 0.687. The van der Waals surface area contributed by atoms with Crippen molar-refractivity contribution in [1.29, 1.82) is 0 Å². The Morgan fingerprint density at radius 1 is 1.24 bits per heavy atom.